The van der Waals surface area contributed by atoms with Gasteiger partial charge in [-0.2, -0.15) is 5.26 Å². The molecule has 9 aromatic heterocycles. The quantitative estimate of drug-likeness (QED) is 0.108. The molecule has 0 aliphatic carbocycles. The number of para-hydroxylation sites is 1. The van der Waals surface area contributed by atoms with E-state index in [-0.39, 0.29) is 11.6 Å². The maximum absolute atomic E-state index is 13.4. The molecule has 0 saturated carbocycles. The van der Waals surface area contributed by atoms with Crippen molar-refractivity contribution < 1.29 is 22.6 Å². The molecule has 130 heavy (non-hydrogen) atoms. The van der Waals surface area contributed by atoms with Crippen LogP contribution in [0.5, 0.6) is 11.6 Å². The van der Waals surface area contributed by atoms with E-state index in [1.807, 2.05) is 146 Å². The summed E-state index contributed by atoms with van der Waals surface area (Å²) in [4.78, 5) is 38.4. The van der Waals surface area contributed by atoms with Gasteiger partial charge in [0.05, 0.1) is 47.5 Å². The van der Waals surface area contributed by atoms with Gasteiger partial charge in [0.1, 0.15) is 40.8 Å². The van der Waals surface area contributed by atoms with Crippen molar-refractivity contribution in [1.29, 1.82) is 5.26 Å². The van der Waals surface area contributed by atoms with Crippen molar-refractivity contribution in [3.63, 3.8) is 0 Å². The number of hydrogen-bond donors (Lipinski definition) is 0. The number of nitrogens with zero attached hydrogens (tertiary/aromatic N) is 10. The van der Waals surface area contributed by atoms with Crippen molar-refractivity contribution in [2.24, 2.45) is 0 Å². The van der Waals surface area contributed by atoms with Crippen LogP contribution in [0.4, 0.5) is 13.2 Å². The van der Waals surface area contributed by atoms with Crippen molar-refractivity contribution in [2.75, 3.05) is 14.2 Å². The van der Waals surface area contributed by atoms with Gasteiger partial charge in [0, 0.05) is 104 Å². The number of rotatable bonds is 13. The summed E-state index contributed by atoms with van der Waals surface area (Å²) in [6, 6.07) is 80.3. The second kappa shape index (κ2) is 47.6. The predicted molar refractivity (Wildman–Crippen MR) is 539 cm³/mol. The van der Waals surface area contributed by atoms with Crippen molar-refractivity contribution in [2.45, 2.75) is 204 Å². The second-order valence-electron chi connectivity index (χ2n) is 35.0. The number of hydrogen-bond acceptors (Lipinski definition) is 12. The molecule has 0 radical (unpaired) electrons. The number of alkyl halides is 1. The summed E-state index contributed by atoms with van der Waals surface area (Å²) < 4.78 is 50.5. The minimum Gasteiger partial charge on any atom is -0.496 e. The molecule has 12 nitrogen and oxygen atoms in total. The minimum atomic E-state index is -1.01. The Balaban J connectivity index is 0.000000152. The van der Waals surface area contributed by atoms with Gasteiger partial charge >= 0.3 is 0 Å². The average molecular weight is 1740 g/mol. The zero-order chi connectivity index (χ0) is 93.8. The van der Waals surface area contributed by atoms with Gasteiger partial charge in [0.25, 0.3) is 0 Å². The standard InChI is InChI=1S/C14H16FN.C14H17N.C13H12N2.2C13H15NO.2C12H12FN.2C12H13N/c1-9(2)11-5-4-6-14-12(11)7-8-13(16-14)10(3)15;1-4-11-8-9-13-12(10(2)3)6-5-7-14(13)15-11;1-9(2)12-8-15-13(7-14)11-6-4-3-5-10(11)12;1-9(2)10-5-4-6-12-11(10)7-8-14-13(12)15-3;1-9(2)10-5-4-6-11-13(10)12(15-3)7-8-14-11;1-8(2)9-3-4-12(13)11-7-14-6-5-10(9)11;1-8(2)9-5-6-11(13)12-10(9)4-3-7-14-12;1-9(2)11-6-5-10-4-3-7-13-12(10)8-11;1-9(2)11-7-10-5-3-4-6-12(10)13-8-11/h4-10H,1-3H3;5-10H,4H2,1-3H3;3-6,8-9H,1-2H3;2*4-9H,1-3H3;2*3-8H,1-2H3;2*3-9H,1-2H3. The Morgan fingerprint density at radius 3 is 1.45 bits per heavy atom. The lowest BCUT2D eigenvalue weighted by atomic mass is 9.97. The molecule has 18 rings (SSSR count). The first-order valence-corrected chi connectivity index (χ1v) is 45.2. The van der Waals surface area contributed by atoms with Crippen LogP contribution >= 0.6 is 0 Å². The van der Waals surface area contributed by atoms with E-state index >= 15 is 0 Å². The number of methoxy groups -OCH3 is 2. The molecule has 1 unspecified atom stereocenters. The summed E-state index contributed by atoms with van der Waals surface area (Å²) in [6.07, 6.45) is 14.1. The molecule has 0 saturated heterocycles. The number of ether oxygens (including phenoxy) is 2. The molecule has 0 spiro atoms. The Kier molecular flexibility index (Phi) is 36.1. The number of halogens is 3. The molecule has 9 aromatic carbocycles. The van der Waals surface area contributed by atoms with Crippen molar-refractivity contribution in [1.82, 2.24) is 44.9 Å². The van der Waals surface area contributed by atoms with Crippen LogP contribution in [0.1, 0.15) is 265 Å². The predicted octanol–water partition coefficient (Wildman–Crippen LogP) is 32.0. The van der Waals surface area contributed by atoms with E-state index in [4.69, 9.17) is 14.7 Å². The molecule has 0 aliphatic heterocycles. The van der Waals surface area contributed by atoms with Crippen LogP contribution in [0.3, 0.4) is 0 Å². The molecular weight excluding hydrogens is 1610 g/mol. The Morgan fingerprint density at radius 1 is 0.323 bits per heavy atom. The molecule has 9 heterocycles. The van der Waals surface area contributed by atoms with Gasteiger partial charge < -0.3 is 9.47 Å². The maximum Gasteiger partial charge on any atom is 0.221 e. The third-order valence-electron chi connectivity index (χ3n) is 22.8. The highest BCUT2D eigenvalue weighted by Gasteiger charge is 2.17. The third kappa shape index (κ3) is 25.5. The van der Waals surface area contributed by atoms with E-state index in [0.29, 0.717) is 81.4 Å². The van der Waals surface area contributed by atoms with Crippen LogP contribution in [-0.2, 0) is 6.42 Å². The molecule has 668 valence electrons. The largest absolute Gasteiger partial charge is 0.496 e. The van der Waals surface area contributed by atoms with E-state index in [0.717, 1.165) is 83.0 Å². The van der Waals surface area contributed by atoms with Crippen LogP contribution in [0.2, 0.25) is 0 Å². The molecule has 1 atom stereocenters. The van der Waals surface area contributed by atoms with Gasteiger partial charge in [-0.3, -0.25) is 29.9 Å². The fourth-order valence-corrected chi connectivity index (χ4v) is 15.5. The number of pyridine rings is 9. The molecule has 15 heteroatoms. The summed E-state index contributed by atoms with van der Waals surface area (Å²) in [5, 5.41) is 21.9. The lowest BCUT2D eigenvalue weighted by molar-refractivity contribution is 0.366. The number of aryl methyl sites for hydroxylation is 1. The molecule has 0 bridgehead atoms. The van der Waals surface area contributed by atoms with Crippen LogP contribution < -0.4 is 9.47 Å². The summed E-state index contributed by atoms with van der Waals surface area (Å²) >= 11 is 0. The van der Waals surface area contributed by atoms with E-state index in [1.54, 1.807) is 51.3 Å². The number of nitriles is 1. The van der Waals surface area contributed by atoms with Crippen LogP contribution in [0, 0.1) is 23.0 Å². The topological polar surface area (TPSA) is 158 Å². The van der Waals surface area contributed by atoms with E-state index < -0.39 is 6.17 Å². The van der Waals surface area contributed by atoms with Gasteiger partial charge in [-0.1, -0.05) is 271 Å². The summed E-state index contributed by atoms with van der Waals surface area (Å²) in [6.45, 7) is 42.6. The summed E-state index contributed by atoms with van der Waals surface area (Å²) in [5.74, 6) is 5.53. The fraction of sp³-hybridized carbons (Fsp3) is 0.287. The number of aromatic nitrogens is 9. The average Bonchev–Trinajstić information content (AvgIpc) is 0.849. The smallest absolute Gasteiger partial charge is 0.221 e. The lowest BCUT2D eigenvalue weighted by Crippen LogP contribution is -1.95. The van der Waals surface area contributed by atoms with Crippen molar-refractivity contribution in [3.8, 4) is 17.7 Å². The summed E-state index contributed by atoms with van der Waals surface area (Å²) in [7, 11) is 3.36. The van der Waals surface area contributed by atoms with Crippen molar-refractivity contribution in [3.05, 3.63) is 365 Å². The fourth-order valence-electron chi connectivity index (χ4n) is 15.5. The number of benzene rings is 9. The van der Waals surface area contributed by atoms with E-state index in [2.05, 4.69) is 273 Å². The molecule has 18 aromatic rings. The van der Waals surface area contributed by atoms with Gasteiger partial charge in [-0.15, -0.1) is 0 Å². The maximum atomic E-state index is 13.4. The first-order chi connectivity index (χ1) is 62.5. The van der Waals surface area contributed by atoms with Gasteiger partial charge in [-0.25, -0.2) is 28.1 Å². The zero-order valence-corrected chi connectivity index (χ0v) is 79.5. The highest BCUT2D eigenvalue weighted by molar-refractivity contribution is 5.93. The Labute approximate surface area is 767 Å². The minimum absolute atomic E-state index is 0.197. The molecule has 0 fully saturated rings. The zero-order valence-electron chi connectivity index (χ0n) is 79.5. The van der Waals surface area contributed by atoms with Crippen LogP contribution in [0.15, 0.2) is 286 Å². The highest BCUT2D eigenvalue weighted by Crippen LogP contribution is 2.36. The summed E-state index contributed by atoms with van der Waals surface area (Å²) in [5.41, 5.74) is 19.3. The van der Waals surface area contributed by atoms with Crippen LogP contribution in [-0.4, -0.2) is 59.1 Å². The molecule has 0 N–H and O–H groups in total. The second-order valence-corrected chi connectivity index (χ2v) is 35.0. The lowest BCUT2D eigenvalue weighted by Gasteiger charge is -2.12. The SMILES string of the molecule is CC(C)c1ccc(F)c2cnccc12.CC(C)c1ccc(F)c2ncccc12.CC(C)c1ccc2cccnc2c1.CC(C)c1cccc2nc(C(C)F)ccc12.CC(C)c1cnc(C#N)c2ccccc12.CC(C)c1cnc2ccccc2c1.CCc1ccc2c(C(C)C)cccc2n1.COc1ccnc2cccc(C(C)C)c12.COc1nccc2c(C(C)C)cccc12. The van der Waals surface area contributed by atoms with E-state index in [1.165, 1.54) is 90.8 Å². The van der Waals surface area contributed by atoms with Gasteiger partial charge in [0.15, 0.2) is 0 Å². The highest BCUT2D eigenvalue weighted by atomic mass is 19.1. The van der Waals surface area contributed by atoms with Crippen molar-refractivity contribution >= 4 is 97.7 Å². The normalized spacial score (nSPS) is 11.3. The molecule has 0 aliphatic rings. The van der Waals surface area contributed by atoms with Crippen LogP contribution in [0.25, 0.3) is 97.7 Å². The Morgan fingerprint density at radius 2 is 0.823 bits per heavy atom. The van der Waals surface area contributed by atoms with E-state index in [9.17, 15) is 13.2 Å². The Hall–Kier alpha value is -13.5. The first-order valence-electron chi connectivity index (χ1n) is 45.2. The number of fused-ring (bicyclic) bond motifs is 9. The molecular formula is C115H125F3N10O2. The van der Waals surface area contributed by atoms with Gasteiger partial charge in [-0.05, 0) is 230 Å². The Bertz CT molecular complexity index is 6630. The third-order valence-corrected chi connectivity index (χ3v) is 22.8. The monoisotopic (exact) mass is 1730 g/mol. The first kappa shape index (κ1) is 98.7. The van der Waals surface area contributed by atoms with Gasteiger partial charge in [0.2, 0.25) is 5.88 Å². The molecule has 0 amide bonds.